The molecule has 1 saturated carbocycles. The molecule has 0 bridgehead atoms. The Morgan fingerprint density at radius 2 is 2.11 bits per heavy atom. The van der Waals surface area contributed by atoms with E-state index in [1.165, 1.54) is 18.6 Å². The molecule has 96 valence electrons. The maximum absolute atomic E-state index is 11.8. The van der Waals surface area contributed by atoms with Gasteiger partial charge in [-0.2, -0.15) is 5.10 Å². The van der Waals surface area contributed by atoms with E-state index in [1.54, 1.807) is 12.1 Å². The van der Waals surface area contributed by atoms with Crippen molar-refractivity contribution in [3.63, 3.8) is 0 Å². The van der Waals surface area contributed by atoms with Crippen LogP contribution in [0.1, 0.15) is 43.0 Å². The first-order valence-electron chi connectivity index (χ1n) is 6.30. The van der Waals surface area contributed by atoms with Gasteiger partial charge in [0.2, 0.25) is 0 Å². The fraction of sp³-hybridized carbons (Fsp3) is 0.429. The number of rotatable bonds is 2. The van der Waals surface area contributed by atoms with Crippen molar-refractivity contribution in [1.29, 1.82) is 0 Å². The van der Waals surface area contributed by atoms with Gasteiger partial charge in [0.05, 0.1) is 0 Å². The summed E-state index contributed by atoms with van der Waals surface area (Å²) < 4.78 is 0. The Morgan fingerprint density at radius 3 is 2.78 bits per heavy atom. The fourth-order valence-electron chi connectivity index (χ4n) is 2.17. The van der Waals surface area contributed by atoms with Gasteiger partial charge in [0.25, 0.3) is 5.91 Å². The predicted octanol–water partition coefficient (Wildman–Crippen LogP) is 2.69. The Labute approximate surface area is 107 Å². The fourth-order valence-corrected chi connectivity index (χ4v) is 2.17. The van der Waals surface area contributed by atoms with E-state index in [-0.39, 0.29) is 11.7 Å². The molecule has 0 saturated heterocycles. The lowest BCUT2D eigenvalue weighted by Crippen LogP contribution is -2.22. The smallest absolute Gasteiger partial charge is 0.271 e. The van der Waals surface area contributed by atoms with Crippen LogP contribution in [0.3, 0.4) is 0 Å². The van der Waals surface area contributed by atoms with E-state index in [1.807, 2.05) is 0 Å². The average Bonchev–Trinajstić information content (AvgIpc) is 2.37. The molecule has 0 aliphatic heterocycles. The number of amides is 1. The van der Waals surface area contributed by atoms with Gasteiger partial charge in [0.15, 0.2) is 0 Å². The van der Waals surface area contributed by atoms with E-state index >= 15 is 0 Å². The molecule has 4 heteroatoms. The molecule has 1 aromatic carbocycles. The zero-order valence-electron chi connectivity index (χ0n) is 10.5. The molecule has 1 fully saturated rings. The Balaban J connectivity index is 1.95. The third-order valence-electron chi connectivity index (χ3n) is 3.19. The summed E-state index contributed by atoms with van der Waals surface area (Å²) in [4.78, 5) is 11.8. The van der Waals surface area contributed by atoms with Gasteiger partial charge in [-0.3, -0.25) is 4.79 Å². The number of phenolic OH excluding ortho intramolecular Hbond substituents is 1. The standard InChI is InChI=1S/C14H18N2O2/c1-10-3-2-4-12(9-10)15-16-14(18)11-5-7-13(17)8-6-11/h5-8,10,17H,2-4,9H2,1H3,(H,16,18)/b15-12-/t10-/m0/s1. The molecule has 2 rings (SSSR count). The van der Waals surface area contributed by atoms with Gasteiger partial charge < -0.3 is 5.11 Å². The molecule has 1 atom stereocenters. The first-order chi connectivity index (χ1) is 8.65. The summed E-state index contributed by atoms with van der Waals surface area (Å²) >= 11 is 0. The molecule has 2 N–H and O–H groups in total. The van der Waals surface area contributed by atoms with Crippen molar-refractivity contribution in [1.82, 2.24) is 5.43 Å². The van der Waals surface area contributed by atoms with Crippen LogP contribution in [0.2, 0.25) is 0 Å². The molecule has 1 aliphatic rings. The van der Waals surface area contributed by atoms with Crippen LogP contribution in [0.5, 0.6) is 5.75 Å². The van der Waals surface area contributed by atoms with Crippen LogP contribution in [0, 0.1) is 5.92 Å². The lowest BCUT2D eigenvalue weighted by molar-refractivity contribution is 0.0954. The lowest BCUT2D eigenvalue weighted by atomic mass is 9.89. The van der Waals surface area contributed by atoms with Crippen molar-refractivity contribution in [3.05, 3.63) is 29.8 Å². The SMILES string of the molecule is C[C@H]1CCC/C(=N/NC(=O)c2ccc(O)cc2)C1. The minimum absolute atomic E-state index is 0.152. The first-order valence-corrected chi connectivity index (χ1v) is 6.30. The molecular formula is C14H18N2O2. The van der Waals surface area contributed by atoms with E-state index in [2.05, 4.69) is 17.5 Å². The van der Waals surface area contributed by atoms with Crippen LogP contribution in [0.4, 0.5) is 0 Å². The highest BCUT2D eigenvalue weighted by Crippen LogP contribution is 2.21. The number of nitrogens with zero attached hydrogens (tertiary/aromatic N) is 1. The molecule has 4 nitrogen and oxygen atoms in total. The Kier molecular flexibility index (Phi) is 3.97. The molecule has 0 aromatic heterocycles. The largest absolute Gasteiger partial charge is 0.508 e. The van der Waals surface area contributed by atoms with E-state index < -0.39 is 0 Å². The maximum Gasteiger partial charge on any atom is 0.271 e. The third kappa shape index (κ3) is 3.32. The zero-order chi connectivity index (χ0) is 13.0. The summed E-state index contributed by atoms with van der Waals surface area (Å²) in [5.74, 6) is 0.572. The van der Waals surface area contributed by atoms with Crippen molar-refractivity contribution in [2.45, 2.75) is 32.6 Å². The van der Waals surface area contributed by atoms with Gasteiger partial charge in [0.1, 0.15) is 5.75 Å². The summed E-state index contributed by atoms with van der Waals surface area (Å²) in [5.41, 5.74) is 4.15. The average molecular weight is 246 g/mol. The van der Waals surface area contributed by atoms with Gasteiger partial charge >= 0.3 is 0 Å². The van der Waals surface area contributed by atoms with Crippen LogP contribution >= 0.6 is 0 Å². The Morgan fingerprint density at radius 1 is 1.39 bits per heavy atom. The molecule has 18 heavy (non-hydrogen) atoms. The molecule has 1 aromatic rings. The van der Waals surface area contributed by atoms with Crippen molar-refractivity contribution in [3.8, 4) is 5.75 Å². The molecule has 1 aliphatic carbocycles. The molecule has 0 spiro atoms. The number of nitrogens with one attached hydrogen (secondary N) is 1. The number of hydrogen-bond donors (Lipinski definition) is 2. The number of benzene rings is 1. The monoisotopic (exact) mass is 246 g/mol. The Hall–Kier alpha value is -1.84. The van der Waals surface area contributed by atoms with E-state index in [0.717, 1.165) is 25.0 Å². The summed E-state index contributed by atoms with van der Waals surface area (Å²) in [5, 5.41) is 13.3. The third-order valence-corrected chi connectivity index (χ3v) is 3.19. The second-order valence-electron chi connectivity index (χ2n) is 4.87. The summed E-state index contributed by atoms with van der Waals surface area (Å²) in [6, 6.07) is 6.14. The molecule has 0 radical (unpaired) electrons. The number of aromatic hydroxyl groups is 1. The minimum Gasteiger partial charge on any atom is -0.508 e. The predicted molar refractivity (Wildman–Crippen MR) is 70.6 cm³/mol. The topological polar surface area (TPSA) is 61.7 Å². The van der Waals surface area contributed by atoms with Gasteiger partial charge in [-0.15, -0.1) is 0 Å². The second-order valence-corrected chi connectivity index (χ2v) is 4.87. The van der Waals surface area contributed by atoms with Gasteiger partial charge in [0, 0.05) is 11.3 Å². The normalized spacial score (nSPS) is 21.8. The van der Waals surface area contributed by atoms with E-state index in [4.69, 9.17) is 5.11 Å². The van der Waals surface area contributed by atoms with Crippen LogP contribution in [0.25, 0.3) is 0 Å². The van der Waals surface area contributed by atoms with E-state index in [0.29, 0.717) is 11.5 Å². The van der Waals surface area contributed by atoms with Gasteiger partial charge in [-0.1, -0.05) is 6.92 Å². The highest BCUT2D eigenvalue weighted by Gasteiger charge is 2.14. The first kappa shape index (κ1) is 12.6. The molecule has 0 unspecified atom stereocenters. The summed E-state index contributed by atoms with van der Waals surface area (Å²) in [6.07, 6.45) is 4.33. The lowest BCUT2D eigenvalue weighted by Gasteiger charge is -2.18. The van der Waals surface area contributed by atoms with Crippen molar-refractivity contribution in [2.24, 2.45) is 11.0 Å². The molecule has 0 heterocycles. The van der Waals surface area contributed by atoms with Crippen molar-refractivity contribution in [2.75, 3.05) is 0 Å². The second kappa shape index (κ2) is 5.67. The molecule has 1 amide bonds. The number of carbonyl (C=O) groups excluding carboxylic acids is 1. The number of phenols is 1. The van der Waals surface area contributed by atoms with Crippen molar-refractivity contribution >= 4 is 11.6 Å². The van der Waals surface area contributed by atoms with Crippen molar-refractivity contribution < 1.29 is 9.90 Å². The van der Waals surface area contributed by atoms with Crippen LogP contribution in [0.15, 0.2) is 29.4 Å². The van der Waals surface area contributed by atoms with Gasteiger partial charge in [-0.25, -0.2) is 5.43 Å². The van der Waals surface area contributed by atoms with Crippen LogP contribution in [-0.2, 0) is 0 Å². The van der Waals surface area contributed by atoms with Crippen LogP contribution < -0.4 is 5.43 Å². The number of carbonyl (C=O) groups is 1. The summed E-state index contributed by atoms with van der Waals surface area (Å²) in [7, 11) is 0. The quantitative estimate of drug-likeness (QED) is 0.788. The highest BCUT2D eigenvalue weighted by atomic mass is 16.3. The zero-order valence-corrected chi connectivity index (χ0v) is 10.5. The Bertz CT molecular complexity index is 451. The maximum atomic E-state index is 11.8. The van der Waals surface area contributed by atoms with E-state index in [9.17, 15) is 4.79 Å². The number of hydrogen-bond acceptors (Lipinski definition) is 3. The number of hydrazone groups is 1. The highest BCUT2D eigenvalue weighted by molar-refractivity contribution is 5.95. The summed E-state index contributed by atoms with van der Waals surface area (Å²) in [6.45, 7) is 2.20. The van der Waals surface area contributed by atoms with Gasteiger partial charge in [-0.05, 0) is 55.9 Å². The van der Waals surface area contributed by atoms with Crippen LogP contribution in [-0.4, -0.2) is 16.7 Å². The minimum atomic E-state index is -0.235. The molecular weight excluding hydrogens is 228 g/mol.